The van der Waals surface area contributed by atoms with Crippen LogP contribution in [0.25, 0.3) is 5.76 Å². The maximum atomic E-state index is 13.1. The van der Waals surface area contributed by atoms with E-state index in [2.05, 4.69) is 10.2 Å². The first-order chi connectivity index (χ1) is 16.9. The number of thiophene rings is 1. The lowest BCUT2D eigenvalue weighted by Gasteiger charge is -2.20. The summed E-state index contributed by atoms with van der Waals surface area (Å²) >= 11 is 9.89. The van der Waals surface area contributed by atoms with Crippen LogP contribution in [0.1, 0.15) is 22.0 Å². The topological polar surface area (TPSA) is 83.4 Å². The molecule has 5 rings (SSSR count). The Labute approximate surface area is 216 Å². The van der Waals surface area contributed by atoms with Gasteiger partial charge < -0.3 is 5.11 Å². The Hall–Kier alpha value is -3.05. The molecule has 1 saturated heterocycles. The number of aliphatic hydroxyl groups excluding tert-OH is 1. The minimum atomic E-state index is -0.839. The number of benzene rings is 2. The van der Waals surface area contributed by atoms with Crippen LogP contribution in [-0.2, 0) is 15.3 Å². The van der Waals surface area contributed by atoms with Gasteiger partial charge in [0.2, 0.25) is 5.13 Å². The number of hydrogen-bond donors (Lipinski definition) is 1. The van der Waals surface area contributed by atoms with Crippen molar-refractivity contribution in [2.24, 2.45) is 0 Å². The first kappa shape index (κ1) is 23.7. The molecule has 1 unspecified atom stereocenters. The van der Waals surface area contributed by atoms with Crippen molar-refractivity contribution in [3.63, 3.8) is 0 Å². The average molecular weight is 544 g/mol. The monoisotopic (exact) mass is 543 g/mol. The van der Waals surface area contributed by atoms with Crippen molar-refractivity contribution in [1.82, 2.24) is 10.2 Å². The van der Waals surface area contributed by atoms with Gasteiger partial charge in [-0.15, -0.1) is 21.5 Å². The van der Waals surface area contributed by atoms with Crippen LogP contribution in [0.15, 0.2) is 76.0 Å². The first-order valence-electron chi connectivity index (χ1n) is 10.2. The third-order valence-corrected chi connectivity index (χ3v) is 8.56. The lowest BCUT2D eigenvalue weighted by molar-refractivity contribution is -0.132. The Balaban J connectivity index is 1.49. The average Bonchev–Trinajstić information content (AvgIpc) is 3.60. The Bertz CT molecular complexity index is 1420. The van der Waals surface area contributed by atoms with Gasteiger partial charge in [0.05, 0.1) is 5.57 Å². The highest BCUT2D eigenvalue weighted by Gasteiger charge is 2.48. The zero-order valence-electron chi connectivity index (χ0n) is 17.7. The minimum absolute atomic E-state index is 0.0181. The number of hydrogen-bond acceptors (Lipinski definition) is 8. The van der Waals surface area contributed by atoms with Crippen molar-refractivity contribution in [3.05, 3.63) is 98.5 Å². The second kappa shape index (κ2) is 9.90. The number of halogens is 2. The highest BCUT2D eigenvalue weighted by Crippen LogP contribution is 2.45. The van der Waals surface area contributed by atoms with Gasteiger partial charge in [0, 0.05) is 21.2 Å². The first-order valence-corrected chi connectivity index (χ1v) is 13.3. The molecule has 2 aromatic carbocycles. The lowest BCUT2D eigenvalue weighted by atomic mass is 10.00. The quantitative estimate of drug-likeness (QED) is 0.101. The molecule has 6 nitrogen and oxygen atoms in total. The molecular formula is C24H15ClFN3O3S3. The fourth-order valence-corrected chi connectivity index (χ4v) is 6.37. The van der Waals surface area contributed by atoms with Crippen LogP contribution in [-0.4, -0.2) is 27.0 Å². The van der Waals surface area contributed by atoms with E-state index in [-0.39, 0.29) is 22.3 Å². The van der Waals surface area contributed by atoms with Crippen LogP contribution in [0.5, 0.6) is 0 Å². The number of rotatable bonds is 6. The fraction of sp³-hybridized carbons (Fsp3) is 0.0833. The molecule has 3 heterocycles. The van der Waals surface area contributed by atoms with Gasteiger partial charge in [0.15, 0.2) is 4.34 Å². The van der Waals surface area contributed by atoms with E-state index in [1.807, 2.05) is 11.4 Å². The van der Waals surface area contributed by atoms with Crippen molar-refractivity contribution in [3.8, 4) is 0 Å². The van der Waals surface area contributed by atoms with Crippen LogP contribution in [0, 0.1) is 5.82 Å². The van der Waals surface area contributed by atoms with Crippen LogP contribution in [0.3, 0.4) is 0 Å². The zero-order valence-corrected chi connectivity index (χ0v) is 20.9. The molecule has 0 aliphatic carbocycles. The normalized spacial score (nSPS) is 17.3. The number of aliphatic hydroxyl groups is 1. The van der Waals surface area contributed by atoms with Crippen LogP contribution in [0.4, 0.5) is 9.52 Å². The second-order valence-corrected chi connectivity index (χ2v) is 11.1. The maximum absolute atomic E-state index is 13.1. The molecule has 35 heavy (non-hydrogen) atoms. The van der Waals surface area contributed by atoms with E-state index in [0.717, 1.165) is 5.56 Å². The third kappa shape index (κ3) is 4.74. The van der Waals surface area contributed by atoms with E-state index in [4.69, 9.17) is 11.6 Å². The molecule has 0 saturated carbocycles. The summed E-state index contributed by atoms with van der Waals surface area (Å²) < 4.78 is 13.7. The fourth-order valence-electron chi connectivity index (χ4n) is 3.59. The van der Waals surface area contributed by atoms with E-state index in [1.54, 1.807) is 42.5 Å². The molecule has 1 atom stereocenters. The summed E-state index contributed by atoms with van der Waals surface area (Å²) in [5.74, 6) is -1.63. The summed E-state index contributed by atoms with van der Waals surface area (Å²) in [4.78, 5) is 28.2. The summed E-state index contributed by atoms with van der Waals surface area (Å²) in [6.45, 7) is 0. The Kier molecular flexibility index (Phi) is 6.70. The number of carbonyl (C=O) groups is 2. The van der Waals surface area contributed by atoms with Crippen LogP contribution in [0.2, 0.25) is 5.02 Å². The van der Waals surface area contributed by atoms with Crippen molar-refractivity contribution in [1.29, 1.82) is 0 Å². The summed E-state index contributed by atoms with van der Waals surface area (Å²) in [5.41, 5.74) is 1.27. The van der Waals surface area contributed by atoms with Crippen LogP contribution < -0.4 is 4.90 Å². The molecule has 2 aromatic heterocycles. The molecule has 176 valence electrons. The number of thioether (sulfide) groups is 1. The Morgan fingerprint density at radius 2 is 1.83 bits per heavy atom. The Morgan fingerprint density at radius 1 is 1.09 bits per heavy atom. The van der Waals surface area contributed by atoms with Gasteiger partial charge in [-0.05, 0) is 53.4 Å². The molecule has 0 bridgehead atoms. The van der Waals surface area contributed by atoms with Gasteiger partial charge in [-0.1, -0.05) is 52.9 Å². The predicted molar refractivity (Wildman–Crippen MR) is 136 cm³/mol. The molecule has 1 fully saturated rings. The van der Waals surface area contributed by atoms with Gasteiger partial charge in [-0.25, -0.2) is 4.39 Å². The van der Waals surface area contributed by atoms with Crippen molar-refractivity contribution in [2.45, 2.75) is 16.1 Å². The molecule has 0 radical (unpaired) electrons. The van der Waals surface area contributed by atoms with Gasteiger partial charge in [0.1, 0.15) is 17.6 Å². The number of ketones is 1. The van der Waals surface area contributed by atoms with Crippen LogP contribution >= 0.6 is 46.0 Å². The summed E-state index contributed by atoms with van der Waals surface area (Å²) in [5, 5.41) is 22.0. The molecule has 1 amide bonds. The zero-order chi connectivity index (χ0) is 24.5. The third-order valence-electron chi connectivity index (χ3n) is 5.25. The van der Waals surface area contributed by atoms with E-state index in [1.165, 1.54) is 51.5 Å². The summed E-state index contributed by atoms with van der Waals surface area (Å²) in [6, 6.07) is 15.3. The molecular weight excluding hydrogens is 529 g/mol. The summed E-state index contributed by atoms with van der Waals surface area (Å²) in [6.07, 6.45) is 0. The summed E-state index contributed by atoms with van der Waals surface area (Å²) in [7, 11) is 0. The molecule has 1 N–H and O–H groups in total. The highest BCUT2D eigenvalue weighted by atomic mass is 35.5. The maximum Gasteiger partial charge on any atom is 0.301 e. The lowest BCUT2D eigenvalue weighted by Crippen LogP contribution is -2.29. The smallest absolute Gasteiger partial charge is 0.301 e. The number of anilines is 1. The standard InChI is InChI=1S/C24H15ClFN3O3S3/c25-15-7-5-14(6-8-15)20(30)18-19(17-2-1-11-33-17)29(22(32)21(18)31)23-27-28-24(35-23)34-12-13-3-9-16(26)10-4-13/h1-11,19,30H,12H2/b20-18-. The second-order valence-electron chi connectivity index (χ2n) is 7.46. The van der Waals surface area contributed by atoms with E-state index in [0.29, 0.717) is 25.6 Å². The van der Waals surface area contributed by atoms with Gasteiger partial charge >= 0.3 is 5.91 Å². The SMILES string of the molecule is O=C1C(=O)N(c2nnc(SCc3ccc(F)cc3)s2)C(c2cccs2)/C1=C(/O)c1ccc(Cl)cc1. The van der Waals surface area contributed by atoms with E-state index in [9.17, 15) is 19.1 Å². The molecule has 4 aromatic rings. The number of amides is 1. The molecule has 0 spiro atoms. The van der Waals surface area contributed by atoms with Gasteiger partial charge in [0.25, 0.3) is 5.78 Å². The molecule has 1 aliphatic heterocycles. The molecule has 1 aliphatic rings. The van der Waals surface area contributed by atoms with Crippen molar-refractivity contribution in [2.75, 3.05) is 4.90 Å². The van der Waals surface area contributed by atoms with Crippen molar-refractivity contribution >= 4 is 68.6 Å². The van der Waals surface area contributed by atoms with Crippen molar-refractivity contribution < 1.29 is 19.1 Å². The largest absolute Gasteiger partial charge is 0.507 e. The van der Waals surface area contributed by atoms with Gasteiger partial charge in [-0.3, -0.25) is 14.5 Å². The van der Waals surface area contributed by atoms with E-state index < -0.39 is 17.7 Å². The minimum Gasteiger partial charge on any atom is -0.507 e. The number of Topliss-reactive ketones (excluding diaryl/α,β-unsaturated/α-hetero) is 1. The number of carbonyl (C=O) groups excluding carboxylic acids is 2. The Morgan fingerprint density at radius 3 is 2.51 bits per heavy atom. The van der Waals surface area contributed by atoms with E-state index >= 15 is 0 Å². The van der Waals surface area contributed by atoms with Gasteiger partial charge in [-0.2, -0.15) is 0 Å². The number of nitrogens with zero attached hydrogens (tertiary/aromatic N) is 3. The highest BCUT2D eigenvalue weighted by molar-refractivity contribution is 8.00. The predicted octanol–water partition coefficient (Wildman–Crippen LogP) is 6.31. The molecule has 11 heteroatoms. The number of aromatic nitrogens is 2.